The zero-order chi connectivity index (χ0) is 15.6. The summed E-state index contributed by atoms with van der Waals surface area (Å²) < 4.78 is 0. The summed E-state index contributed by atoms with van der Waals surface area (Å²) in [5.74, 6) is -0.0761. The van der Waals surface area contributed by atoms with Crippen molar-refractivity contribution < 1.29 is 4.79 Å². The van der Waals surface area contributed by atoms with Gasteiger partial charge in [-0.3, -0.25) is 4.79 Å². The first-order chi connectivity index (χ1) is 9.88. The molecule has 0 aromatic heterocycles. The average molecular weight is 341 g/mol. The molecule has 0 saturated carbocycles. The molecule has 2 N–H and O–H groups in total. The van der Waals surface area contributed by atoms with Gasteiger partial charge in [0.2, 0.25) is 0 Å². The van der Waals surface area contributed by atoms with Crippen molar-refractivity contribution >= 4 is 46.6 Å². The molecule has 0 bridgehead atoms. The van der Waals surface area contributed by atoms with Gasteiger partial charge in [0.15, 0.2) is 0 Å². The van der Waals surface area contributed by atoms with Crippen molar-refractivity contribution in [2.24, 2.45) is 0 Å². The topological polar surface area (TPSA) is 46.3 Å². The van der Waals surface area contributed by atoms with E-state index in [9.17, 15) is 4.79 Å². The molecule has 110 valence electrons. The molecule has 2 aromatic rings. The molecule has 0 saturated heterocycles. The van der Waals surface area contributed by atoms with Crippen molar-refractivity contribution in [2.45, 2.75) is 9.79 Å². The van der Waals surface area contributed by atoms with Gasteiger partial charge in [-0.15, -0.1) is 0 Å². The number of nitrogen functional groups attached to an aromatic ring is 1. The van der Waals surface area contributed by atoms with E-state index in [0.29, 0.717) is 21.3 Å². The molecule has 0 unspecified atom stereocenters. The van der Waals surface area contributed by atoms with Crippen LogP contribution in [0, 0.1) is 0 Å². The SMILES string of the molecule is CN(C)C(=O)c1ccc(Sc2ccc(Cl)c(Cl)c2)c(N)c1. The minimum atomic E-state index is -0.0761. The molecule has 6 heteroatoms. The Morgan fingerprint density at radius 3 is 2.38 bits per heavy atom. The maximum atomic E-state index is 11.9. The lowest BCUT2D eigenvalue weighted by atomic mass is 10.2. The Bertz CT molecular complexity index is 689. The minimum Gasteiger partial charge on any atom is -0.398 e. The number of halogens is 2. The second kappa shape index (κ2) is 6.60. The third kappa shape index (κ3) is 3.84. The van der Waals surface area contributed by atoms with Gasteiger partial charge in [0, 0.05) is 35.1 Å². The van der Waals surface area contributed by atoms with E-state index in [1.807, 2.05) is 12.1 Å². The Kier molecular flexibility index (Phi) is 5.04. The molecule has 0 aliphatic carbocycles. The Morgan fingerprint density at radius 1 is 1.10 bits per heavy atom. The van der Waals surface area contributed by atoms with Gasteiger partial charge in [-0.2, -0.15) is 0 Å². The van der Waals surface area contributed by atoms with E-state index in [2.05, 4.69) is 0 Å². The minimum absolute atomic E-state index is 0.0761. The van der Waals surface area contributed by atoms with Crippen molar-refractivity contribution in [3.05, 3.63) is 52.0 Å². The van der Waals surface area contributed by atoms with Crippen LogP contribution in [0.25, 0.3) is 0 Å². The molecule has 0 heterocycles. The molecule has 0 radical (unpaired) electrons. The first kappa shape index (κ1) is 16.0. The number of carbonyl (C=O) groups is 1. The molecular formula is C15H14Cl2N2OS. The van der Waals surface area contributed by atoms with E-state index in [0.717, 1.165) is 9.79 Å². The van der Waals surface area contributed by atoms with Gasteiger partial charge in [-0.25, -0.2) is 0 Å². The van der Waals surface area contributed by atoms with Crippen LogP contribution in [0.2, 0.25) is 10.0 Å². The standard InChI is InChI=1S/C15H14Cl2N2OS/c1-19(2)15(20)9-3-6-14(13(18)7-9)21-10-4-5-11(16)12(17)8-10/h3-8H,18H2,1-2H3. The lowest BCUT2D eigenvalue weighted by Gasteiger charge is -2.12. The summed E-state index contributed by atoms with van der Waals surface area (Å²) in [4.78, 5) is 15.2. The van der Waals surface area contributed by atoms with Crippen LogP contribution in [0.15, 0.2) is 46.2 Å². The molecule has 0 aliphatic heterocycles. The maximum absolute atomic E-state index is 11.9. The van der Waals surface area contributed by atoms with Crippen LogP contribution in [0.4, 0.5) is 5.69 Å². The van der Waals surface area contributed by atoms with Crippen molar-refractivity contribution in [3.8, 4) is 0 Å². The number of anilines is 1. The van der Waals surface area contributed by atoms with E-state index in [1.165, 1.54) is 16.7 Å². The molecule has 0 fully saturated rings. The summed E-state index contributed by atoms with van der Waals surface area (Å²) in [5, 5.41) is 1.01. The molecule has 3 nitrogen and oxygen atoms in total. The summed E-state index contributed by atoms with van der Waals surface area (Å²) >= 11 is 13.4. The van der Waals surface area contributed by atoms with Crippen LogP contribution in [0.5, 0.6) is 0 Å². The summed E-state index contributed by atoms with van der Waals surface area (Å²) in [6, 6.07) is 10.7. The highest BCUT2D eigenvalue weighted by Gasteiger charge is 2.11. The van der Waals surface area contributed by atoms with Gasteiger partial charge in [-0.05, 0) is 36.4 Å². The van der Waals surface area contributed by atoms with Crippen LogP contribution < -0.4 is 5.73 Å². The number of hydrogen-bond donors (Lipinski definition) is 1. The Balaban J connectivity index is 2.25. The molecule has 21 heavy (non-hydrogen) atoms. The Labute approximate surface area is 138 Å². The number of rotatable bonds is 3. The number of benzene rings is 2. The van der Waals surface area contributed by atoms with Crippen molar-refractivity contribution in [1.29, 1.82) is 0 Å². The van der Waals surface area contributed by atoms with Gasteiger partial charge in [0.05, 0.1) is 10.0 Å². The van der Waals surface area contributed by atoms with Gasteiger partial charge in [-0.1, -0.05) is 35.0 Å². The van der Waals surface area contributed by atoms with E-state index in [4.69, 9.17) is 28.9 Å². The van der Waals surface area contributed by atoms with E-state index in [1.54, 1.807) is 38.4 Å². The highest BCUT2D eigenvalue weighted by Crippen LogP contribution is 2.35. The van der Waals surface area contributed by atoms with E-state index < -0.39 is 0 Å². The first-order valence-corrected chi connectivity index (χ1v) is 7.70. The normalized spacial score (nSPS) is 10.5. The molecule has 2 rings (SSSR count). The monoisotopic (exact) mass is 340 g/mol. The molecule has 1 amide bonds. The molecule has 2 aromatic carbocycles. The summed E-state index contributed by atoms with van der Waals surface area (Å²) in [6.45, 7) is 0. The largest absolute Gasteiger partial charge is 0.398 e. The van der Waals surface area contributed by atoms with Crippen molar-refractivity contribution in [3.63, 3.8) is 0 Å². The van der Waals surface area contributed by atoms with Crippen LogP contribution in [-0.2, 0) is 0 Å². The predicted octanol–water partition coefficient (Wildman–Crippen LogP) is 4.43. The summed E-state index contributed by atoms with van der Waals surface area (Å²) in [5.41, 5.74) is 7.14. The van der Waals surface area contributed by atoms with Gasteiger partial charge in [0.1, 0.15) is 0 Å². The van der Waals surface area contributed by atoms with Gasteiger partial charge < -0.3 is 10.6 Å². The van der Waals surface area contributed by atoms with E-state index in [-0.39, 0.29) is 5.91 Å². The van der Waals surface area contributed by atoms with Crippen molar-refractivity contribution in [1.82, 2.24) is 4.90 Å². The second-order valence-corrected chi connectivity index (χ2v) is 6.56. The summed E-state index contributed by atoms with van der Waals surface area (Å²) in [7, 11) is 3.41. The van der Waals surface area contributed by atoms with Crippen LogP contribution in [-0.4, -0.2) is 24.9 Å². The van der Waals surface area contributed by atoms with Crippen LogP contribution in [0.3, 0.4) is 0 Å². The number of nitrogens with zero attached hydrogens (tertiary/aromatic N) is 1. The number of amides is 1. The van der Waals surface area contributed by atoms with Crippen molar-refractivity contribution in [2.75, 3.05) is 19.8 Å². The summed E-state index contributed by atoms with van der Waals surface area (Å²) in [6.07, 6.45) is 0. The first-order valence-electron chi connectivity index (χ1n) is 6.12. The predicted molar refractivity (Wildman–Crippen MR) is 89.5 cm³/mol. The average Bonchev–Trinajstić information content (AvgIpc) is 2.44. The number of hydrogen-bond acceptors (Lipinski definition) is 3. The molecule has 0 atom stereocenters. The maximum Gasteiger partial charge on any atom is 0.253 e. The molecule has 0 spiro atoms. The zero-order valence-electron chi connectivity index (χ0n) is 11.6. The zero-order valence-corrected chi connectivity index (χ0v) is 13.9. The second-order valence-electron chi connectivity index (χ2n) is 4.63. The quantitative estimate of drug-likeness (QED) is 0.840. The highest BCUT2D eigenvalue weighted by molar-refractivity contribution is 7.99. The smallest absolute Gasteiger partial charge is 0.253 e. The number of nitrogens with two attached hydrogens (primary N) is 1. The third-order valence-corrected chi connectivity index (χ3v) is 4.60. The fraction of sp³-hybridized carbons (Fsp3) is 0.133. The Hall–Kier alpha value is -1.36. The highest BCUT2D eigenvalue weighted by atomic mass is 35.5. The van der Waals surface area contributed by atoms with E-state index >= 15 is 0 Å². The Morgan fingerprint density at radius 2 is 1.81 bits per heavy atom. The lowest BCUT2D eigenvalue weighted by Crippen LogP contribution is -2.21. The fourth-order valence-electron chi connectivity index (χ4n) is 1.70. The lowest BCUT2D eigenvalue weighted by molar-refractivity contribution is 0.0827. The van der Waals surface area contributed by atoms with Gasteiger partial charge >= 0.3 is 0 Å². The third-order valence-electron chi connectivity index (χ3n) is 2.78. The fourth-order valence-corrected chi connectivity index (χ4v) is 2.94. The molecule has 0 aliphatic rings. The van der Waals surface area contributed by atoms with Gasteiger partial charge in [0.25, 0.3) is 5.91 Å². The number of carbonyl (C=O) groups excluding carboxylic acids is 1. The van der Waals surface area contributed by atoms with Crippen LogP contribution >= 0.6 is 35.0 Å². The van der Waals surface area contributed by atoms with Crippen LogP contribution in [0.1, 0.15) is 10.4 Å². The molecular weight excluding hydrogens is 327 g/mol.